The molecular formula is C9H7N9OS. The fraction of sp³-hybridized carbons (Fsp3) is 0. The van der Waals surface area contributed by atoms with Crippen LogP contribution in [0.2, 0.25) is 0 Å². The summed E-state index contributed by atoms with van der Waals surface area (Å²) in [4.78, 5) is 33.6. The smallest absolute Gasteiger partial charge is 0.257 e. The lowest BCUT2D eigenvalue weighted by molar-refractivity contribution is 0.761. The average Bonchev–Trinajstić information content (AvgIpc) is 2.91. The van der Waals surface area contributed by atoms with Crippen molar-refractivity contribution >= 4 is 17.7 Å². The van der Waals surface area contributed by atoms with Crippen molar-refractivity contribution in [3.63, 3.8) is 0 Å². The van der Waals surface area contributed by atoms with E-state index in [4.69, 9.17) is 5.73 Å². The van der Waals surface area contributed by atoms with Gasteiger partial charge in [-0.3, -0.25) is 4.79 Å². The maximum atomic E-state index is 11.2. The van der Waals surface area contributed by atoms with E-state index in [0.29, 0.717) is 5.16 Å². The van der Waals surface area contributed by atoms with Gasteiger partial charge in [0.15, 0.2) is 5.16 Å². The molecule has 0 radical (unpaired) electrons. The van der Waals surface area contributed by atoms with Gasteiger partial charge in [-0.25, -0.2) is 9.97 Å². The Kier molecular flexibility index (Phi) is 3.09. The van der Waals surface area contributed by atoms with Crippen molar-refractivity contribution < 1.29 is 0 Å². The van der Waals surface area contributed by atoms with Crippen molar-refractivity contribution in [3.8, 4) is 5.95 Å². The zero-order valence-electron chi connectivity index (χ0n) is 9.83. The van der Waals surface area contributed by atoms with Crippen LogP contribution in [0.3, 0.4) is 0 Å². The van der Waals surface area contributed by atoms with Gasteiger partial charge in [0, 0.05) is 12.3 Å². The van der Waals surface area contributed by atoms with Crippen molar-refractivity contribution in [2.24, 2.45) is 0 Å². The molecule has 0 spiro atoms. The number of aromatic nitrogens is 8. The number of nitrogens with zero attached hydrogens (tertiary/aromatic N) is 7. The minimum absolute atomic E-state index is 0.0336. The number of nitrogen functional groups attached to an aromatic ring is 1. The van der Waals surface area contributed by atoms with Gasteiger partial charge in [-0.15, -0.1) is 0 Å². The van der Waals surface area contributed by atoms with Crippen LogP contribution in [0.5, 0.6) is 0 Å². The van der Waals surface area contributed by atoms with Crippen LogP contribution in [0.25, 0.3) is 5.95 Å². The van der Waals surface area contributed by atoms with Crippen molar-refractivity contribution in [3.05, 3.63) is 35.3 Å². The van der Waals surface area contributed by atoms with Crippen molar-refractivity contribution in [1.29, 1.82) is 0 Å². The quantitative estimate of drug-likeness (QED) is 0.596. The fourth-order valence-electron chi connectivity index (χ4n) is 1.31. The van der Waals surface area contributed by atoms with Gasteiger partial charge >= 0.3 is 0 Å². The Morgan fingerprint density at radius 1 is 1.30 bits per heavy atom. The van der Waals surface area contributed by atoms with Gasteiger partial charge in [-0.05, 0) is 11.8 Å². The van der Waals surface area contributed by atoms with Crippen LogP contribution in [0.1, 0.15) is 0 Å². The minimum atomic E-state index is -0.263. The first-order valence-corrected chi connectivity index (χ1v) is 6.12. The standard InChI is InChI=1S/C9H7N9OS/c10-6-15-7(18-4-11-3-13-18)17-9(16-6)20-8-12-2-1-5(19)14-8/h1-4H,(H,12,14,19)(H2,10,15,16,17). The topological polar surface area (TPSA) is 141 Å². The lowest BCUT2D eigenvalue weighted by atomic mass is 10.7. The summed E-state index contributed by atoms with van der Waals surface area (Å²) in [7, 11) is 0. The number of nitrogens with two attached hydrogens (primary N) is 1. The second-order valence-electron chi connectivity index (χ2n) is 3.46. The number of hydrogen-bond donors (Lipinski definition) is 2. The summed E-state index contributed by atoms with van der Waals surface area (Å²) >= 11 is 1.06. The predicted molar refractivity (Wildman–Crippen MR) is 68.1 cm³/mol. The first-order valence-electron chi connectivity index (χ1n) is 5.30. The third-order valence-electron chi connectivity index (χ3n) is 2.08. The molecule has 0 fully saturated rings. The summed E-state index contributed by atoms with van der Waals surface area (Å²) in [6, 6.07) is 1.31. The Balaban J connectivity index is 1.96. The Bertz CT molecular complexity index is 784. The lowest BCUT2D eigenvalue weighted by Crippen LogP contribution is -2.09. The van der Waals surface area contributed by atoms with E-state index in [2.05, 4.69) is 35.0 Å². The van der Waals surface area contributed by atoms with E-state index in [-0.39, 0.29) is 22.6 Å². The molecule has 0 amide bonds. The Labute approximate surface area is 115 Å². The molecule has 100 valence electrons. The summed E-state index contributed by atoms with van der Waals surface area (Å²) < 4.78 is 1.35. The Morgan fingerprint density at radius 3 is 2.95 bits per heavy atom. The van der Waals surface area contributed by atoms with Gasteiger partial charge in [0.25, 0.3) is 11.5 Å². The summed E-state index contributed by atoms with van der Waals surface area (Å²) in [5, 5.41) is 4.55. The van der Waals surface area contributed by atoms with E-state index in [9.17, 15) is 4.79 Å². The highest BCUT2D eigenvalue weighted by molar-refractivity contribution is 7.99. The molecule has 0 saturated carbocycles. The molecule has 3 aromatic heterocycles. The number of hydrogen-bond acceptors (Lipinski definition) is 9. The lowest BCUT2D eigenvalue weighted by Gasteiger charge is -2.03. The van der Waals surface area contributed by atoms with Crippen LogP contribution in [0.15, 0.2) is 40.0 Å². The molecule has 0 aromatic carbocycles. The highest BCUT2D eigenvalue weighted by Gasteiger charge is 2.09. The maximum Gasteiger partial charge on any atom is 0.257 e. The van der Waals surface area contributed by atoms with E-state index < -0.39 is 0 Å². The van der Waals surface area contributed by atoms with E-state index in [0.717, 1.165) is 11.8 Å². The molecule has 0 aliphatic heterocycles. The van der Waals surface area contributed by atoms with Gasteiger partial charge in [0.2, 0.25) is 11.1 Å². The van der Waals surface area contributed by atoms with Crippen LogP contribution < -0.4 is 11.3 Å². The first kappa shape index (κ1) is 12.2. The number of H-pyrrole nitrogens is 1. The Morgan fingerprint density at radius 2 is 2.20 bits per heavy atom. The monoisotopic (exact) mass is 289 g/mol. The average molecular weight is 289 g/mol. The zero-order valence-corrected chi connectivity index (χ0v) is 10.7. The molecule has 3 rings (SSSR count). The van der Waals surface area contributed by atoms with Crippen LogP contribution in [0, 0.1) is 0 Å². The highest BCUT2D eigenvalue weighted by atomic mass is 32.2. The van der Waals surface area contributed by atoms with E-state index in [1.807, 2.05) is 0 Å². The van der Waals surface area contributed by atoms with E-state index >= 15 is 0 Å². The van der Waals surface area contributed by atoms with Crippen LogP contribution >= 0.6 is 11.8 Å². The largest absolute Gasteiger partial charge is 0.368 e. The Hall–Kier alpha value is -2.82. The maximum absolute atomic E-state index is 11.2. The first-order chi connectivity index (χ1) is 9.70. The third-order valence-corrected chi connectivity index (χ3v) is 2.85. The third kappa shape index (κ3) is 2.61. The van der Waals surface area contributed by atoms with Gasteiger partial charge < -0.3 is 10.7 Å². The molecule has 11 heteroatoms. The van der Waals surface area contributed by atoms with E-state index in [1.165, 1.54) is 29.6 Å². The molecule has 10 nitrogen and oxygen atoms in total. The second kappa shape index (κ2) is 5.05. The van der Waals surface area contributed by atoms with Crippen molar-refractivity contribution in [2.45, 2.75) is 10.3 Å². The number of rotatable bonds is 3. The highest BCUT2D eigenvalue weighted by Crippen LogP contribution is 2.20. The van der Waals surface area contributed by atoms with Crippen LogP contribution in [-0.2, 0) is 0 Å². The van der Waals surface area contributed by atoms with Gasteiger partial charge in [-0.2, -0.15) is 24.7 Å². The van der Waals surface area contributed by atoms with Gasteiger partial charge in [-0.1, -0.05) is 0 Å². The van der Waals surface area contributed by atoms with Gasteiger partial charge in [0.05, 0.1) is 0 Å². The molecule has 3 N–H and O–H groups in total. The molecule has 0 atom stereocenters. The molecular weight excluding hydrogens is 282 g/mol. The fourth-order valence-corrected chi connectivity index (χ4v) is 2.02. The molecule has 0 saturated heterocycles. The molecule has 0 bridgehead atoms. The summed E-state index contributed by atoms with van der Waals surface area (Å²) in [5.41, 5.74) is 5.36. The zero-order chi connectivity index (χ0) is 13.9. The second-order valence-corrected chi connectivity index (χ2v) is 4.41. The predicted octanol–water partition coefficient (Wildman–Crippen LogP) is -0.731. The van der Waals surface area contributed by atoms with E-state index in [1.54, 1.807) is 0 Å². The normalized spacial score (nSPS) is 10.6. The summed E-state index contributed by atoms with van der Waals surface area (Å²) in [5.74, 6) is 0.266. The molecule has 20 heavy (non-hydrogen) atoms. The number of aromatic amines is 1. The molecule has 0 unspecified atom stereocenters. The molecule has 0 aliphatic rings. The number of anilines is 1. The van der Waals surface area contributed by atoms with Gasteiger partial charge in [0.1, 0.15) is 12.7 Å². The van der Waals surface area contributed by atoms with Crippen LogP contribution in [-0.4, -0.2) is 39.7 Å². The van der Waals surface area contributed by atoms with Crippen LogP contribution in [0.4, 0.5) is 5.95 Å². The molecule has 0 aliphatic carbocycles. The minimum Gasteiger partial charge on any atom is -0.368 e. The molecule has 3 heterocycles. The van der Waals surface area contributed by atoms with Crippen molar-refractivity contribution in [1.82, 2.24) is 39.7 Å². The summed E-state index contributed by atoms with van der Waals surface area (Å²) in [6.07, 6.45) is 4.18. The SMILES string of the molecule is Nc1nc(Sc2nccc(=O)[nH]2)nc(-n2cncn2)n1. The summed E-state index contributed by atoms with van der Waals surface area (Å²) in [6.45, 7) is 0. The van der Waals surface area contributed by atoms with Crippen molar-refractivity contribution in [2.75, 3.05) is 5.73 Å². The molecule has 3 aromatic rings. The number of nitrogens with one attached hydrogen (secondary N) is 1.